The van der Waals surface area contributed by atoms with Gasteiger partial charge in [-0.25, -0.2) is 16.4 Å². The van der Waals surface area contributed by atoms with Gasteiger partial charge in [-0.05, 0) is 37.5 Å². The maximum Gasteiger partial charge on any atom is 0.391 e. The number of carbonyl (C=O) groups excluding carboxylic acids is 2. The highest BCUT2D eigenvalue weighted by atomic mass is 16.5. The van der Waals surface area contributed by atoms with Crippen LogP contribution in [0.15, 0.2) is 24.3 Å². The molecule has 170 valence electrons. The van der Waals surface area contributed by atoms with E-state index in [2.05, 4.69) is 40.8 Å². The van der Waals surface area contributed by atoms with Crippen LogP contribution in [-0.2, 0) is 19.1 Å². The minimum absolute atomic E-state index is 0.112. The average molecular weight is 439 g/mol. The minimum Gasteiger partial charge on any atom is -0.463 e. The SMILES string of the molecule is [C-]#[N+]C(C(=O)OC)C(C(=O)OC1C(C)CC(C)CC1C)c1nc(-c2ccc(C)cc2)n[nH]1. The van der Waals surface area contributed by atoms with E-state index in [1.54, 1.807) is 0 Å². The second-order valence-electron chi connectivity index (χ2n) is 8.92. The second-order valence-corrected chi connectivity index (χ2v) is 8.92. The van der Waals surface area contributed by atoms with E-state index in [1.165, 1.54) is 7.11 Å². The lowest BCUT2D eigenvalue weighted by Crippen LogP contribution is -2.41. The molecule has 0 radical (unpaired) electrons. The van der Waals surface area contributed by atoms with Gasteiger partial charge in [-0.3, -0.25) is 14.7 Å². The Balaban J connectivity index is 1.92. The number of nitrogens with one attached hydrogen (secondary N) is 1. The van der Waals surface area contributed by atoms with E-state index in [4.69, 9.17) is 16.0 Å². The molecule has 1 aliphatic carbocycles. The standard InChI is InChI=1S/C24H30N4O4/c1-13-7-9-17(10-8-13)21-26-22(28-27-21)18(19(25-5)24(30)31-6)23(29)32-20-15(3)11-14(2)12-16(20)4/h7-10,14-16,18-20H,11-12H2,1-4,6H3,(H,26,27,28). The Bertz CT molecular complexity index is 982. The number of aromatic nitrogens is 3. The van der Waals surface area contributed by atoms with E-state index in [1.807, 2.05) is 31.2 Å². The van der Waals surface area contributed by atoms with Crippen LogP contribution in [0.2, 0.25) is 0 Å². The molecule has 0 bridgehead atoms. The van der Waals surface area contributed by atoms with Gasteiger partial charge >= 0.3 is 18.0 Å². The highest BCUT2D eigenvalue weighted by molar-refractivity contribution is 5.89. The fourth-order valence-electron chi connectivity index (χ4n) is 4.65. The summed E-state index contributed by atoms with van der Waals surface area (Å²) in [7, 11) is 1.19. The lowest BCUT2D eigenvalue weighted by atomic mass is 9.75. The van der Waals surface area contributed by atoms with Crippen molar-refractivity contribution in [1.82, 2.24) is 15.2 Å². The number of hydrogen-bond acceptors (Lipinski definition) is 6. The van der Waals surface area contributed by atoms with Gasteiger partial charge in [-0.1, -0.05) is 50.6 Å². The van der Waals surface area contributed by atoms with E-state index in [0.717, 1.165) is 24.0 Å². The zero-order valence-electron chi connectivity index (χ0n) is 19.2. The average Bonchev–Trinajstić information content (AvgIpc) is 3.23. The molecule has 0 amide bonds. The first-order valence-electron chi connectivity index (χ1n) is 10.9. The minimum atomic E-state index is -1.42. The Morgan fingerprint density at radius 2 is 1.75 bits per heavy atom. The summed E-state index contributed by atoms with van der Waals surface area (Å²) in [4.78, 5) is 33.5. The van der Waals surface area contributed by atoms with Crippen molar-refractivity contribution in [2.45, 2.75) is 58.6 Å². The van der Waals surface area contributed by atoms with Gasteiger partial charge in [-0.15, -0.1) is 0 Å². The van der Waals surface area contributed by atoms with Crippen LogP contribution in [-0.4, -0.2) is 46.4 Å². The molecule has 3 rings (SSSR count). The molecular weight excluding hydrogens is 408 g/mol. The number of hydrogen-bond donors (Lipinski definition) is 1. The predicted octanol–water partition coefficient (Wildman–Crippen LogP) is 3.94. The van der Waals surface area contributed by atoms with E-state index in [9.17, 15) is 9.59 Å². The van der Waals surface area contributed by atoms with Crippen molar-refractivity contribution in [3.8, 4) is 11.4 Å². The van der Waals surface area contributed by atoms with Crippen LogP contribution in [0.25, 0.3) is 16.2 Å². The summed E-state index contributed by atoms with van der Waals surface area (Å²) in [5, 5.41) is 6.96. The summed E-state index contributed by atoms with van der Waals surface area (Å²) in [6.07, 6.45) is 1.62. The first kappa shape index (κ1) is 23.5. The van der Waals surface area contributed by atoms with Gasteiger partial charge in [0.1, 0.15) is 11.9 Å². The Kier molecular flexibility index (Phi) is 7.29. The molecule has 1 aromatic carbocycles. The summed E-state index contributed by atoms with van der Waals surface area (Å²) in [6.45, 7) is 15.8. The van der Waals surface area contributed by atoms with Crippen molar-refractivity contribution in [3.05, 3.63) is 47.1 Å². The number of aromatic amines is 1. The van der Waals surface area contributed by atoms with Gasteiger partial charge in [0.25, 0.3) is 0 Å². The van der Waals surface area contributed by atoms with Crippen molar-refractivity contribution in [2.24, 2.45) is 17.8 Å². The molecule has 1 aromatic heterocycles. The van der Waals surface area contributed by atoms with E-state index >= 15 is 0 Å². The van der Waals surface area contributed by atoms with Crippen molar-refractivity contribution in [1.29, 1.82) is 0 Å². The largest absolute Gasteiger partial charge is 0.463 e. The van der Waals surface area contributed by atoms with Crippen LogP contribution in [0.1, 0.15) is 50.9 Å². The number of H-pyrrole nitrogens is 1. The van der Waals surface area contributed by atoms with Gasteiger partial charge in [0.05, 0.1) is 7.11 Å². The lowest BCUT2D eigenvalue weighted by Gasteiger charge is -2.37. The molecule has 0 aliphatic heterocycles. The molecule has 1 fully saturated rings. The number of esters is 2. The second kappa shape index (κ2) is 9.94. The van der Waals surface area contributed by atoms with Crippen LogP contribution in [0.3, 0.4) is 0 Å². The molecule has 4 unspecified atom stereocenters. The smallest absolute Gasteiger partial charge is 0.391 e. The zero-order chi connectivity index (χ0) is 23.4. The van der Waals surface area contributed by atoms with Crippen molar-refractivity contribution in [3.63, 3.8) is 0 Å². The normalized spacial score (nSPS) is 24.8. The number of rotatable bonds is 6. The van der Waals surface area contributed by atoms with Crippen LogP contribution in [0.5, 0.6) is 0 Å². The van der Waals surface area contributed by atoms with Gasteiger partial charge in [0.2, 0.25) is 5.92 Å². The number of ether oxygens (including phenoxy) is 2. The molecular formula is C24H30N4O4. The van der Waals surface area contributed by atoms with Gasteiger partial charge in [0.15, 0.2) is 5.82 Å². The molecule has 1 N–H and O–H groups in total. The molecule has 8 heteroatoms. The van der Waals surface area contributed by atoms with Crippen molar-refractivity contribution in [2.75, 3.05) is 7.11 Å². The third-order valence-electron chi connectivity index (χ3n) is 6.18. The Hall–Kier alpha value is -3.21. The van der Waals surface area contributed by atoms with Crippen LogP contribution < -0.4 is 0 Å². The molecule has 8 nitrogen and oxygen atoms in total. The van der Waals surface area contributed by atoms with Crippen LogP contribution in [0, 0.1) is 31.2 Å². The summed E-state index contributed by atoms with van der Waals surface area (Å²) in [5.41, 5.74) is 1.85. The highest BCUT2D eigenvalue weighted by Crippen LogP contribution is 2.36. The molecule has 1 aliphatic rings. The third kappa shape index (κ3) is 4.98. The van der Waals surface area contributed by atoms with E-state index in [-0.39, 0.29) is 23.8 Å². The maximum atomic E-state index is 13.3. The lowest BCUT2D eigenvalue weighted by molar-refractivity contribution is -0.162. The number of carbonyl (C=O) groups is 2. The van der Waals surface area contributed by atoms with Crippen LogP contribution in [0.4, 0.5) is 0 Å². The van der Waals surface area contributed by atoms with Gasteiger partial charge in [0, 0.05) is 5.56 Å². The first-order chi connectivity index (χ1) is 15.2. The predicted molar refractivity (Wildman–Crippen MR) is 118 cm³/mol. The van der Waals surface area contributed by atoms with Crippen molar-refractivity contribution < 1.29 is 19.1 Å². The monoisotopic (exact) mass is 438 g/mol. The molecule has 4 atom stereocenters. The number of benzene rings is 1. The molecule has 32 heavy (non-hydrogen) atoms. The van der Waals surface area contributed by atoms with E-state index < -0.39 is 23.9 Å². The Labute approximate surface area is 188 Å². The topological polar surface area (TPSA) is 98.5 Å². The van der Waals surface area contributed by atoms with Crippen LogP contribution >= 0.6 is 0 Å². The summed E-state index contributed by atoms with van der Waals surface area (Å²) >= 11 is 0. The van der Waals surface area contributed by atoms with Gasteiger partial charge < -0.3 is 9.47 Å². The molecule has 1 saturated carbocycles. The molecule has 1 heterocycles. The summed E-state index contributed by atoms with van der Waals surface area (Å²) in [6, 6.07) is 6.18. The van der Waals surface area contributed by atoms with E-state index in [0.29, 0.717) is 11.7 Å². The highest BCUT2D eigenvalue weighted by Gasteiger charge is 2.47. The Morgan fingerprint density at radius 3 is 2.31 bits per heavy atom. The number of aryl methyl sites for hydroxylation is 1. The molecule has 0 saturated heterocycles. The Morgan fingerprint density at radius 1 is 1.12 bits per heavy atom. The zero-order valence-corrected chi connectivity index (χ0v) is 19.2. The quantitative estimate of drug-likeness (QED) is 0.542. The number of methoxy groups -OCH3 is 1. The maximum absolute atomic E-state index is 13.3. The first-order valence-corrected chi connectivity index (χ1v) is 10.9. The molecule has 2 aromatic rings. The summed E-state index contributed by atoms with van der Waals surface area (Å²) in [5.74, 6) is -1.33. The van der Waals surface area contributed by atoms with Crippen molar-refractivity contribution >= 4 is 11.9 Å². The number of nitrogens with zero attached hydrogens (tertiary/aromatic N) is 3. The third-order valence-corrected chi connectivity index (χ3v) is 6.18. The van der Waals surface area contributed by atoms with Gasteiger partial charge in [-0.2, -0.15) is 5.10 Å². The summed E-state index contributed by atoms with van der Waals surface area (Å²) < 4.78 is 10.7. The fourth-order valence-corrected chi connectivity index (χ4v) is 4.65. The molecule has 0 spiro atoms. The fraction of sp³-hybridized carbons (Fsp3) is 0.542.